The van der Waals surface area contributed by atoms with E-state index in [0.29, 0.717) is 12.0 Å². The Labute approximate surface area is 55.7 Å². The highest BCUT2D eigenvalue weighted by molar-refractivity contribution is 5.09. The molecule has 2 N–H and O–H groups in total. The fourth-order valence-corrected chi connectivity index (χ4v) is 0.620. The van der Waals surface area contributed by atoms with Gasteiger partial charge in [-0.1, -0.05) is 13.5 Å². The number of nitrogens with two attached hydrogens (primary N) is 1. The largest absolute Gasteiger partial charge is 0.327 e. The molecule has 0 fully saturated rings. The Kier molecular flexibility index (Phi) is 2.85. The Balaban J connectivity index is 4.09. The fourth-order valence-electron chi connectivity index (χ4n) is 0.620. The first kappa shape index (κ1) is 8.63. The molecule has 0 bridgehead atoms. The summed E-state index contributed by atoms with van der Waals surface area (Å²) in [5.41, 5.74) is 4.37. The van der Waals surface area contributed by atoms with E-state index in [1.54, 1.807) is 13.8 Å². The van der Waals surface area contributed by atoms with Gasteiger partial charge >= 0.3 is 0 Å². The highest BCUT2D eigenvalue weighted by Gasteiger charge is 2.25. The van der Waals surface area contributed by atoms with Gasteiger partial charge in [0.25, 0.3) is 0 Å². The average Bonchev–Trinajstić information content (AvgIpc) is 1.86. The van der Waals surface area contributed by atoms with Gasteiger partial charge in [-0.15, -0.1) is 0 Å². The van der Waals surface area contributed by atoms with Gasteiger partial charge in [-0.05, 0) is 18.9 Å². The molecule has 1 unspecified atom stereocenters. The molecule has 0 aliphatic carbocycles. The number of alkyl halides is 1. The lowest BCUT2D eigenvalue weighted by molar-refractivity contribution is 0.216. The molecule has 0 radical (unpaired) electrons. The number of hydrogen-bond donors (Lipinski definition) is 1. The minimum atomic E-state index is -1.33. The second-order valence-corrected chi connectivity index (χ2v) is 2.30. The average molecular weight is 131 g/mol. The molecule has 0 aliphatic rings. The summed E-state index contributed by atoms with van der Waals surface area (Å²) in [6, 6.07) is 0. The third-order valence-electron chi connectivity index (χ3n) is 1.65. The van der Waals surface area contributed by atoms with Crippen LogP contribution in [0.1, 0.15) is 20.3 Å². The topological polar surface area (TPSA) is 26.0 Å². The van der Waals surface area contributed by atoms with Crippen LogP contribution >= 0.6 is 0 Å². The summed E-state index contributed by atoms with van der Waals surface area (Å²) in [5.74, 6) is 0. The number of halogens is 1. The summed E-state index contributed by atoms with van der Waals surface area (Å²) >= 11 is 0. The maximum atomic E-state index is 13.1. The Morgan fingerprint density at radius 2 is 2.22 bits per heavy atom. The molecule has 0 spiro atoms. The van der Waals surface area contributed by atoms with Gasteiger partial charge in [0.15, 0.2) is 0 Å². The van der Waals surface area contributed by atoms with Crippen LogP contribution in [0.5, 0.6) is 0 Å². The number of rotatable bonds is 3. The Morgan fingerprint density at radius 1 is 1.78 bits per heavy atom. The molecular weight excluding hydrogens is 117 g/mol. The second-order valence-electron chi connectivity index (χ2n) is 2.30. The van der Waals surface area contributed by atoms with Crippen LogP contribution in [-0.4, -0.2) is 12.2 Å². The van der Waals surface area contributed by atoms with Crippen LogP contribution in [-0.2, 0) is 0 Å². The van der Waals surface area contributed by atoms with Gasteiger partial charge in [-0.2, -0.15) is 0 Å². The first-order valence-corrected chi connectivity index (χ1v) is 3.11. The van der Waals surface area contributed by atoms with Crippen LogP contribution in [0.15, 0.2) is 12.2 Å². The van der Waals surface area contributed by atoms with Crippen molar-refractivity contribution in [1.82, 2.24) is 0 Å². The van der Waals surface area contributed by atoms with Crippen molar-refractivity contribution >= 4 is 0 Å². The van der Waals surface area contributed by atoms with Crippen LogP contribution in [0.25, 0.3) is 0 Å². The van der Waals surface area contributed by atoms with E-state index in [4.69, 9.17) is 5.73 Å². The van der Waals surface area contributed by atoms with Crippen molar-refractivity contribution in [2.75, 3.05) is 6.54 Å². The Bertz CT molecular complexity index is 105. The normalized spacial score (nSPS) is 16.9. The van der Waals surface area contributed by atoms with E-state index in [1.165, 1.54) is 0 Å². The van der Waals surface area contributed by atoms with Crippen molar-refractivity contribution in [1.29, 1.82) is 0 Å². The molecule has 0 amide bonds. The predicted octanol–water partition coefficient (Wildman–Crippen LogP) is 1.64. The van der Waals surface area contributed by atoms with E-state index in [1.807, 2.05) is 0 Å². The summed E-state index contributed by atoms with van der Waals surface area (Å²) in [6.07, 6.45) is 0.416. The monoisotopic (exact) mass is 131 g/mol. The zero-order chi connectivity index (χ0) is 7.49. The van der Waals surface area contributed by atoms with Gasteiger partial charge < -0.3 is 5.73 Å². The van der Waals surface area contributed by atoms with Crippen LogP contribution in [0.2, 0.25) is 0 Å². The van der Waals surface area contributed by atoms with E-state index < -0.39 is 5.67 Å². The van der Waals surface area contributed by atoms with Gasteiger partial charge in [0.1, 0.15) is 5.67 Å². The Hall–Kier alpha value is -0.370. The zero-order valence-electron chi connectivity index (χ0n) is 6.08. The SMILES string of the molecule is C=C(C)C(F)(CC)CN. The lowest BCUT2D eigenvalue weighted by atomic mass is 9.96. The maximum Gasteiger partial charge on any atom is 0.143 e. The molecule has 0 saturated heterocycles. The van der Waals surface area contributed by atoms with Gasteiger partial charge in [0.2, 0.25) is 0 Å². The van der Waals surface area contributed by atoms with Crippen molar-refractivity contribution < 1.29 is 4.39 Å². The first-order valence-electron chi connectivity index (χ1n) is 3.11. The molecule has 0 aromatic rings. The molecule has 0 aromatic carbocycles. The summed E-state index contributed by atoms with van der Waals surface area (Å²) in [7, 11) is 0. The molecule has 0 aromatic heterocycles. The quantitative estimate of drug-likeness (QED) is 0.579. The third kappa shape index (κ3) is 1.79. The molecule has 0 aliphatic heterocycles. The number of hydrogen-bond acceptors (Lipinski definition) is 1. The first-order chi connectivity index (χ1) is 4.06. The minimum Gasteiger partial charge on any atom is -0.327 e. The van der Waals surface area contributed by atoms with Crippen molar-refractivity contribution in [2.24, 2.45) is 5.73 Å². The van der Waals surface area contributed by atoms with Crippen LogP contribution < -0.4 is 5.73 Å². The smallest absolute Gasteiger partial charge is 0.143 e. The summed E-state index contributed by atoms with van der Waals surface area (Å²) in [6.45, 7) is 6.98. The maximum absolute atomic E-state index is 13.1. The van der Waals surface area contributed by atoms with Crippen molar-refractivity contribution in [2.45, 2.75) is 25.9 Å². The Morgan fingerprint density at radius 3 is 2.22 bits per heavy atom. The van der Waals surface area contributed by atoms with E-state index in [9.17, 15) is 4.39 Å². The summed E-state index contributed by atoms with van der Waals surface area (Å²) in [4.78, 5) is 0. The molecule has 1 atom stereocenters. The molecule has 9 heavy (non-hydrogen) atoms. The van der Waals surface area contributed by atoms with E-state index in [-0.39, 0.29) is 6.54 Å². The van der Waals surface area contributed by atoms with Gasteiger partial charge in [-0.25, -0.2) is 4.39 Å². The lowest BCUT2D eigenvalue weighted by Gasteiger charge is -2.21. The third-order valence-corrected chi connectivity index (χ3v) is 1.65. The van der Waals surface area contributed by atoms with Crippen LogP contribution in [0.4, 0.5) is 4.39 Å². The van der Waals surface area contributed by atoms with Gasteiger partial charge in [0, 0.05) is 6.54 Å². The molecule has 0 saturated carbocycles. The minimum absolute atomic E-state index is 0.0405. The standard InChI is InChI=1S/C7H14FN/c1-4-7(8,5-9)6(2)3/h2,4-5,9H2,1,3H3. The van der Waals surface area contributed by atoms with E-state index in [0.717, 1.165) is 0 Å². The van der Waals surface area contributed by atoms with Crippen molar-refractivity contribution in [3.05, 3.63) is 12.2 Å². The molecule has 2 heteroatoms. The highest BCUT2D eigenvalue weighted by atomic mass is 19.1. The molecular formula is C7H14FN. The predicted molar refractivity (Wildman–Crippen MR) is 38.0 cm³/mol. The van der Waals surface area contributed by atoms with E-state index >= 15 is 0 Å². The van der Waals surface area contributed by atoms with Crippen molar-refractivity contribution in [3.8, 4) is 0 Å². The molecule has 54 valence electrons. The summed E-state index contributed by atoms with van der Waals surface area (Å²) < 4.78 is 13.1. The molecule has 1 nitrogen and oxygen atoms in total. The summed E-state index contributed by atoms with van der Waals surface area (Å²) in [5, 5.41) is 0. The van der Waals surface area contributed by atoms with Crippen LogP contribution in [0.3, 0.4) is 0 Å². The molecule has 0 rings (SSSR count). The van der Waals surface area contributed by atoms with Crippen LogP contribution in [0, 0.1) is 0 Å². The van der Waals surface area contributed by atoms with Crippen molar-refractivity contribution in [3.63, 3.8) is 0 Å². The fraction of sp³-hybridized carbons (Fsp3) is 0.714. The highest BCUT2D eigenvalue weighted by Crippen LogP contribution is 2.22. The molecule has 0 heterocycles. The zero-order valence-corrected chi connectivity index (χ0v) is 6.08. The second kappa shape index (κ2) is 2.97. The van der Waals surface area contributed by atoms with Gasteiger partial charge in [0.05, 0.1) is 0 Å². The van der Waals surface area contributed by atoms with Gasteiger partial charge in [-0.3, -0.25) is 0 Å². The lowest BCUT2D eigenvalue weighted by Crippen LogP contribution is -2.32. The van der Waals surface area contributed by atoms with E-state index in [2.05, 4.69) is 6.58 Å².